The van der Waals surface area contributed by atoms with Gasteiger partial charge in [0, 0.05) is 5.56 Å². The van der Waals surface area contributed by atoms with Gasteiger partial charge in [-0.2, -0.15) is 5.26 Å². The van der Waals surface area contributed by atoms with Gasteiger partial charge in [0.25, 0.3) is 0 Å². The third-order valence-corrected chi connectivity index (χ3v) is 3.47. The number of pyridine rings is 1. The lowest BCUT2D eigenvalue weighted by Gasteiger charge is -2.33. The van der Waals surface area contributed by atoms with Crippen LogP contribution in [0.15, 0.2) is 42.5 Å². The van der Waals surface area contributed by atoms with Gasteiger partial charge in [0.1, 0.15) is 23.3 Å². The maximum absolute atomic E-state index is 8.99. The zero-order valence-electron chi connectivity index (χ0n) is 13.4. The van der Waals surface area contributed by atoms with Crippen LogP contribution in [-0.4, -0.2) is 12.1 Å². The molecule has 1 atom stereocenters. The lowest BCUT2D eigenvalue weighted by Crippen LogP contribution is -2.26. The molecule has 2 aromatic rings. The van der Waals surface area contributed by atoms with E-state index in [2.05, 4.69) is 43.2 Å². The highest BCUT2D eigenvalue weighted by atomic mass is 16.5. The van der Waals surface area contributed by atoms with Crippen LogP contribution in [-0.2, 0) is 0 Å². The predicted molar refractivity (Wildman–Crippen MR) is 87.8 cm³/mol. The number of methoxy groups -OCH3 is 1. The van der Waals surface area contributed by atoms with Gasteiger partial charge in [0.15, 0.2) is 0 Å². The fourth-order valence-corrected chi connectivity index (χ4v) is 2.39. The minimum atomic E-state index is -0.0566. The van der Waals surface area contributed by atoms with Crippen LogP contribution in [0.1, 0.15) is 38.1 Å². The molecule has 1 unspecified atom stereocenters. The molecule has 0 aliphatic carbocycles. The highest BCUT2D eigenvalue weighted by Crippen LogP contribution is 2.39. The van der Waals surface area contributed by atoms with Gasteiger partial charge in [-0.3, -0.25) is 0 Å². The SMILES string of the molecule is COc1ccccc1C(Nc1cccc(C#N)n1)C(C)(C)C. The van der Waals surface area contributed by atoms with E-state index < -0.39 is 0 Å². The number of hydrogen-bond acceptors (Lipinski definition) is 4. The van der Waals surface area contributed by atoms with Crippen molar-refractivity contribution in [3.63, 3.8) is 0 Å². The number of nitrogens with zero attached hydrogens (tertiary/aromatic N) is 2. The van der Waals surface area contributed by atoms with Gasteiger partial charge < -0.3 is 10.1 Å². The fraction of sp³-hybridized carbons (Fsp3) is 0.333. The molecule has 1 N–H and O–H groups in total. The Balaban J connectivity index is 2.41. The molecule has 114 valence electrons. The smallest absolute Gasteiger partial charge is 0.142 e. The number of anilines is 1. The Morgan fingerprint density at radius 3 is 2.50 bits per heavy atom. The molecule has 0 bridgehead atoms. The first kappa shape index (κ1) is 15.8. The fourth-order valence-electron chi connectivity index (χ4n) is 2.39. The van der Waals surface area contributed by atoms with Crippen LogP contribution < -0.4 is 10.1 Å². The van der Waals surface area contributed by atoms with Gasteiger partial charge in [0.05, 0.1) is 13.2 Å². The van der Waals surface area contributed by atoms with Crippen molar-refractivity contribution in [2.24, 2.45) is 5.41 Å². The lowest BCUT2D eigenvalue weighted by atomic mass is 9.82. The zero-order chi connectivity index (χ0) is 16.2. The Labute approximate surface area is 131 Å². The summed E-state index contributed by atoms with van der Waals surface area (Å²) in [4.78, 5) is 4.31. The van der Waals surface area contributed by atoms with Crippen molar-refractivity contribution in [3.05, 3.63) is 53.7 Å². The molecule has 0 amide bonds. The van der Waals surface area contributed by atoms with Gasteiger partial charge in [-0.1, -0.05) is 45.0 Å². The molecule has 0 spiro atoms. The molecular formula is C18H21N3O. The summed E-state index contributed by atoms with van der Waals surface area (Å²) in [5, 5.41) is 12.4. The molecule has 0 saturated carbocycles. The molecular weight excluding hydrogens is 274 g/mol. The van der Waals surface area contributed by atoms with Gasteiger partial charge in [0.2, 0.25) is 0 Å². The minimum Gasteiger partial charge on any atom is -0.496 e. The van der Waals surface area contributed by atoms with E-state index in [1.807, 2.05) is 30.3 Å². The molecule has 0 fully saturated rings. The van der Waals surface area contributed by atoms with E-state index in [9.17, 15) is 0 Å². The average Bonchev–Trinajstić information content (AvgIpc) is 2.51. The highest BCUT2D eigenvalue weighted by Gasteiger charge is 2.28. The quantitative estimate of drug-likeness (QED) is 0.920. The molecule has 0 aliphatic rings. The van der Waals surface area contributed by atoms with Crippen LogP contribution in [0.5, 0.6) is 5.75 Å². The van der Waals surface area contributed by atoms with Crippen LogP contribution >= 0.6 is 0 Å². The Morgan fingerprint density at radius 1 is 1.14 bits per heavy atom. The van der Waals surface area contributed by atoms with E-state index in [0.29, 0.717) is 11.5 Å². The summed E-state index contributed by atoms with van der Waals surface area (Å²) in [6.07, 6.45) is 0. The number of aromatic nitrogens is 1. The van der Waals surface area contributed by atoms with Crippen LogP contribution in [0.2, 0.25) is 0 Å². The van der Waals surface area contributed by atoms with E-state index in [1.165, 1.54) is 0 Å². The van der Waals surface area contributed by atoms with E-state index >= 15 is 0 Å². The van der Waals surface area contributed by atoms with Crippen molar-refractivity contribution < 1.29 is 4.74 Å². The van der Waals surface area contributed by atoms with Crippen LogP contribution in [0.4, 0.5) is 5.82 Å². The molecule has 22 heavy (non-hydrogen) atoms. The normalized spacial score (nSPS) is 12.3. The minimum absolute atomic E-state index is 0.00472. The molecule has 2 rings (SSSR count). The number of ether oxygens (including phenoxy) is 1. The van der Waals surface area contributed by atoms with E-state index in [-0.39, 0.29) is 11.5 Å². The molecule has 0 saturated heterocycles. The maximum atomic E-state index is 8.99. The average molecular weight is 295 g/mol. The van der Waals surface area contributed by atoms with Crippen molar-refractivity contribution in [3.8, 4) is 11.8 Å². The number of para-hydroxylation sites is 1. The molecule has 1 aromatic carbocycles. The second kappa shape index (κ2) is 6.48. The van der Waals surface area contributed by atoms with E-state index in [4.69, 9.17) is 10.00 Å². The first-order valence-electron chi connectivity index (χ1n) is 7.22. The summed E-state index contributed by atoms with van der Waals surface area (Å²) in [6, 6.07) is 15.4. The summed E-state index contributed by atoms with van der Waals surface area (Å²) in [5.41, 5.74) is 1.42. The summed E-state index contributed by atoms with van der Waals surface area (Å²) in [6.45, 7) is 6.47. The van der Waals surface area contributed by atoms with Crippen LogP contribution in [0, 0.1) is 16.7 Å². The van der Waals surface area contributed by atoms with Gasteiger partial charge in [-0.25, -0.2) is 4.98 Å². The number of nitrogens with one attached hydrogen (secondary N) is 1. The predicted octanol–water partition coefficient (Wildman–Crippen LogP) is 4.16. The van der Waals surface area contributed by atoms with Crippen LogP contribution in [0.3, 0.4) is 0 Å². The Morgan fingerprint density at radius 2 is 1.86 bits per heavy atom. The first-order chi connectivity index (χ1) is 10.5. The van der Waals surface area contributed by atoms with Gasteiger partial charge in [-0.05, 0) is 23.6 Å². The van der Waals surface area contributed by atoms with Crippen molar-refractivity contribution in [2.75, 3.05) is 12.4 Å². The molecule has 0 radical (unpaired) electrons. The van der Waals surface area contributed by atoms with Gasteiger partial charge in [-0.15, -0.1) is 0 Å². The second-order valence-corrected chi connectivity index (χ2v) is 6.21. The molecule has 0 aliphatic heterocycles. The molecule has 1 aromatic heterocycles. The number of benzene rings is 1. The Bertz CT molecular complexity index is 683. The topological polar surface area (TPSA) is 57.9 Å². The van der Waals surface area contributed by atoms with E-state index in [1.54, 1.807) is 13.2 Å². The van der Waals surface area contributed by atoms with Crippen molar-refractivity contribution >= 4 is 5.82 Å². The van der Waals surface area contributed by atoms with E-state index in [0.717, 1.165) is 11.3 Å². The van der Waals surface area contributed by atoms with Crippen molar-refractivity contribution in [1.82, 2.24) is 4.98 Å². The molecule has 4 nitrogen and oxygen atoms in total. The largest absolute Gasteiger partial charge is 0.496 e. The second-order valence-electron chi connectivity index (χ2n) is 6.21. The number of hydrogen-bond donors (Lipinski definition) is 1. The highest BCUT2D eigenvalue weighted by molar-refractivity contribution is 5.45. The summed E-state index contributed by atoms with van der Waals surface area (Å²) >= 11 is 0. The zero-order valence-corrected chi connectivity index (χ0v) is 13.4. The van der Waals surface area contributed by atoms with Gasteiger partial charge >= 0.3 is 0 Å². The summed E-state index contributed by atoms with van der Waals surface area (Å²) in [5.74, 6) is 1.52. The first-order valence-corrected chi connectivity index (χ1v) is 7.22. The standard InChI is InChI=1S/C18H21N3O/c1-18(2,3)17(14-9-5-6-10-15(14)22-4)21-16-11-7-8-13(12-19)20-16/h5-11,17H,1-4H3,(H,20,21). The van der Waals surface area contributed by atoms with Crippen molar-refractivity contribution in [1.29, 1.82) is 5.26 Å². The Kier molecular flexibility index (Phi) is 4.67. The summed E-state index contributed by atoms with van der Waals surface area (Å²) < 4.78 is 5.49. The summed E-state index contributed by atoms with van der Waals surface area (Å²) in [7, 11) is 1.67. The third kappa shape index (κ3) is 3.56. The third-order valence-electron chi connectivity index (χ3n) is 3.47. The Hall–Kier alpha value is -2.54. The van der Waals surface area contributed by atoms with Crippen molar-refractivity contribution in [2.45, 2.75) is 26.8 Å². The maximum Gasteiger partial charge on any atom is 0.142 e. The number of rotatable bonds is 4. The monoisotopic (exact) mass is 295 g/mol. The molecule has 1 heterocycles. The number of nitriles is 1. The van der Waals surface area contributed by atoms with Crippen LogP contribution in [0.25, 0.3) is 0 Å². The molecule has 4 heteroatoms. The lowest BCUT2D eigenvalue weighted by molar-refractivity contribution is 0.331.